The Morgan fingerprint density at radius 1 is 1.24 bits per heavy atom. The molecule has 0 bridgehead atoms. The normalized spacial score (nSPS) is 10.3. The van der Waals surface area contributed by atoms with E-state index in [9.17, 15) is 9.18 Å². The Hall–Kier alpha value is -1.78. The van der Waals surface area contributed by atoms with Gasteiger partial charge in [-0.05, 0) is 24.3 Å². The smallest absolute Gasteiger partial charge is 0.340 e. The van der Waals surface area contributed by atoms with E-state index in [1.807, 2.05) is 0 Å². The first-order valence-corrected chi connectivity index (χ1v) is 6.72. The number of esters is 1. The van der Waals surface area contributed by atoms with Crippen molar-refractivity contribution in [1.82, 2.24) is 0 Å². The van der Waals surface area contributed by atoms with Gasteiger partial charge in [0.15, 0.2) is 0 Å². The molecular formula is C15H11Cl2FO3. The van der Waals surface area contributed by atoms with Crippen LogP contribution in [0, 0.1) is 5.82 Å². The molecule has 0 N–H and O–H groups in total. The maximum Gasteiger partial charge on any atom is 0.340 e. The van der Waals surface area contributed by atoms with Crippen LogP contribution < -0.4 is 4.74 Å². The van der Waals surface area contributed by atoms with Crippen LogP contribution in [0.3, 0.4) is 0 Å². The van der Waals surface area contributed by atoms with Gasteiger partial charge in [0.25, 0.3) is 0 Å². The first-order chi connectivity index (χ1) is 10.0. The number of ether oxygens (including phenoxy) is 2. The Morgan fingerprint density at radius 2 is 2.00 bits per heavy atom. The quantitative estimate of drug-likeness (QED) is 0.775. The average molecular weight is 329 g/mol. The fourth-order valence-corrected chi connectivity index (χ4v) is 2.17. The van der Waals surface area contributed by atoms with E-state index in [1.54, 1.807) is 18.2 Å². The molecule has 2 rings (SSSR count). The lowest BCUT2D eigenvalue weighted by Gasteiger charge is -2.10. The van der Waals surface area contributed by atoms with E-state index in [4.69, 9.17) is 27.9 Å². The summed E-state index contributed by atoms with van der Waals surface area (Å²) in [7, 11) is 1.19. The third-order valence-corrected chi connectivity index (χ3v) is 3.29. The van der Waals surface area contributed by atoms with Crippen molar-refractivity contribution in [2.75, 3.05) is 7.11 Å². The van der Waals surface area contributed by atoms with Crippen LogP contribution in [-0.4, -0.2) is 13.1 Å². The van der Waals surface area contributed by atoms with Crippen molar-refractivity contribution >= 4 is 29.2 Å². The average Bonchev–Trinajstić information content (AvgIpc) is 2.47. The second kappa shape index (κ2) is 6.78. The molecule has 0 heterocycles. The number of carbonyl (C=O) groups is 1. The molecular weight excluding hydrogens is 318 g/mol. The Kier molecular flexibility index (Phi) is 5.04. The maximum absolute atomic E-state index is 14.1. The number of hydrogen-bond acceptors (Lipinski definition) is 3. The first-order valence-electron chi connectivity index (χ1n) is 5.96. The van der Waals surface area contributed by atoms with Crippen LogP contribution in [0.1, 0.15) is 15.9 Å². The molecule has 0 aliphatic heterocycles. The molecule has 3 nitrogen and oxygen atoms in total. The van der Waals surface area contributed by atoms with Crippen molar-refractivity contribution < 1.29 is 18.7 Å². The van der Waals surface area contributed by atoms with Crippen molar-refractivity contribution in [1.29, 1.82) is 0 Å². The van der Waals surface area contributed by atoms with Crippen molar-refractivity contribution in [3.05, 3.63) is 63.4 Å². The van der Waals surface area contributed by atoms with Gasteiger partial charge in [0.05, 0.1) is 17.7 Å². The van der Waals surface area contributed by atoms with Crippen LogP contribution in [-0.2, 0) is 11.3 Å². The molecule has 6 heteroatoms. The number of methoxy groups -OCH3 is 1. The third kappa shape index (κ3) is 3.65. The van der Waals surface area contributed by atoms with Gasteiger partial charge >= 0.3 is 5.97 Å². The first kappa shape index (κ1) is 15.6. The summed E-state index contributed by atoms with van der Waals surface area (Å²) in [6.45, 7) is -0.0714. The van der Waals surface area contributed by atoms with Crippen LogP contribution in [0.25, 0.3) is 0 Å². The topological polar surface area (TPSA) is 35.5 Å². The van der Waals surface area contributed by atoms with Crippen molar-refractivity contribution in [2.45, 2.75) is 6.61 Å². The number of rotatable bonds is 4. The zero-order valence-corrected chi connectivity index (χ0v) is 12.5. The molecule has 0 amide bonds. The molecule has 0 aliphatic carbocycles. The van der Waals surface area contributed by atoms with E-state index in [-0.39, 0.29) is 17.7 Å². The SMILES string of the molecule is COC(=O)c1cccc(COc2ccc(Cl)cc2Cl)c1F. The lowest BCUT2D eigenvalue weighted by atomic mass is 10.1. The van der Waals surface area contributed by atoms with E-state index in [1.165, 1.54) is 25.3 Å². The maximum atomic E-state index is 14.1. The highest BCUT2D eigenvalue weighted by Crippen LogP contribution is 2.28. The van der Waals surface area contributed by atoms with Gasteiger partial charge in [0, 0.05) is 10.6 Å². The van der Waals surface area contributed by atoms with Crippen LogP contribution in [0.4, 0.5) is 4.39 Å². The summed E-state index contributed by atoms with van der Waals surface area (Å²) in [5, 5.41) is 0.804. The number of hydrogen-bond donors (Lipinski definition) is 0. The molecule has 0 saturated carbocycles. The van der Waals surface area contributed by atoms with Crippen LogP contribution in [0.2, 0.25) is 10.0 Å². The van der Waals surface area contributed by atoms with Gasteiger partial charge in [-0.3, -0.25) is 0 Å². The zero-order valence-electron chi connectivity index (χ0n) is 11.0. The van der Waals surface area contributed by atoms with Crippen LogP contribution in [0.15, 0.2) is 36.4 Å². The molecule has 110 valence electrons. The number of halogens is 3. The Labute approximate surface area is 131 Å². The molecule has 0 aliphatic rings. The summed E-state index contributed by atoms with van der Waals surface area (Å²) in [6.07, 6.45) is 0. The Balaban J connectivity index is 2.18. The number of carbonyl (C=O) groups excluding carboxylic acids is 1. The molecule has 2 aromatic carbocycles. The van der Waals surface area contributed by atoms with Gasteiger partial charge in [-0.15, -0.1) is 0 Å². The van der Waals surface area contributed by atoms with Gasteiger partial charge in [0.2, 0.25) is 0 Å². The predicted octanol–water partition coefficient (Wildman–Crippen LogP) is 4.50. The molecule has 0 unspecified atom stereocenters. The summed E-state index contributed by atoms with van der Waals surface area (Å²) in [5.74, 6) is -1.03. The number of benzene rings is 2. The highest BCUT2D eigenvalue weighted by atomic mass is 35.5. The van der Waals surface area contributed by atoms with E-state index in [0.717, 1.165) is 0 Å². The highest BCUT2D eigenvalue weighted by molar-refractivity contribution is 6.35. The van der Waals surface area contributed by atoms with Crippen molar-refractivity contribution in [3.63, 3.8) is 0 Å². The molecule has 0 saturated heterocycles. The van der Waals surface area contributed by atoms with Crippen molar-refractivity contribution in [3.8, 4) is 5.75 Å². The fraction of sp³-hybridized carbons (Fsp3) is 0.133. The largest absolute Gasteiger partial charge is 0.487 e. The van der Waals surface area contributed by atoms with Gasteiger partial charge in [0.1, 0.15) is 18.2 Å². The minimum atomic E-state index is -0.737. The van der Waals surface area contributed by atoms with Crippen molar-refractivity contribution in [2.24, 2.45) is 0 Å². The van der Waals surface area contributed by atoms with E-state index in [2.05, 4.69) is 4.74 Å². The lowest BCUT2D eigenvalue weighted by Crippen LogP contribution is -2.08. The Bertz CT molecular complexity index is 674. The van der Waals surface area contributed by atoms with E-state index < -0.39 is 11.8 Å². The summed E-state index contributed by atoms with van der Waals surface area (Å²) in [6, 6.07) is 9.15. The summed E-state index contributed by atoms with van der Waals surface area (Å²) >= 11 is 11.7. The minimum Gasteiger partial charge on any atom is -0.487 e. The predicted molar refractivity (Wildman–Crippen MR) is 78.5 cm³/mol. The second-order valence-corrected chi connectivity index (χ2v) is 4.98. The molecule has 0 fully saturated rings. The van der Waals surface area contributed by atoms with Gasteiger partial charge < -0.3 is 9.47 Å². The highest BCUT2D eigenvalue weighted by Gasteiger charge is 2.15. The van der Waals surface area contributed by atoms with E-state index in [0.29, 0.717) is 15.8 Å². The lowest BCUT2D eigenvalue weighted by molar-refractivity contribution is 0.0595. The fourth-order valence-electron chi connectivity index (χ4n) is 1.71. The minimum absolute atomic E-state index is 0.0714. The monoisotopic (exact) mass is 328 g/mol. The van der Waals surface area contributed by atoms with E-state index >= 15 is 0 Å². The standard InChI is InChI=1S/C15H11Cl2FO3/c1-20-15(19)11-4-2-3-9(14(11)18)8-21-13-6-5-10(16)7-12(13)17/h2-7H,8H2,1H3. The van der Waals surface area contributed by atoms with Crippen LogP contribution >= 0.6 is 23.2 Å². The Morgan fingerprint density at radius 3 is 2.67 bits per heavy atom. The third-order valence-electron chi connectivity index (χ3n) is 2.76. The summed E-state index contributed by atoms with van der Waals surface area (Å²) in [4.78, 5) is 11.4. The zero-order chi connectivity index (χ0) is 15.4. The molecule has 2 aromatic rings. The molecule has 0 atom stereocenters. The van der Waals surface area contributed by atoms with Gasteiger partial charge in [-0.2, -0.15) is 0 Å². The van der Waals surface area contributed by atoms with Gasteiger partial charge in [-0.25, -0.2) is 9.18 Å². The molecule has 0 aromatic heterocycles. The molecule has 0 spiro atoms. The molecule has 21 heavy (non-hydrogen) atoms. The summed E-state index contributed by atoms with van der Waals surface area (Å²) < 4.78 is 24.1. The summed E-state index contributed by atoms with van der Waals surface area (Å²) in [5.41, 5.74) is 0.0877. The molecule has 0 radical (unpaired) electrons. The van der Waals surface area contributed by atoms with Gasteiger partial charge in [-0.1, -0.05) is 35.3 Å². The van der Waals surface area contributed by atoms with Crippen LogP contribution in [0.5, 0.6) is 5.75 Å². The second-order valence-electron chi connectivity index (χ2n) is 4.13.